The Hall–Kier alpha value is -3.75. The Balaban J connectivity index is 1.61. The minimum atomic E-state index is -0.649. The van der Waals surface area contributed by atoms with Crippen LogP contribution in [0.15, 0.2) is 47.0 Å². The highest BCUT2D eigenvalue weighted by Crippen LogP contribution is 2.31. The highest BCUT2D eigenvalue weighted by molar-refractivity contribution is 5.74. The minimum Gasteiger partial charge on any atom is -0.496 e. The molecule has 0 radical (unpaired) electrons. The first-order chi connectivity index (χ1) is 14.4. The van der Waals surface area contributed by atoms with Crippen molar-refractivity contribution >= 4 is 11.7 Å². The molecule has 0 aliphatic rings. The van der Waals surface area contributed by atoms with Crippen molar-refractivity contribution in [3.05, 3.63) is 64.0 Å². The molecule has 0 bridgehead atoms. The quantitative estimate of drug-likeness (QED) is 0.233. The van der Waals surface area contributed by atoms with E-state index in [9.17, 15) is 14.9 Å². The van der Waals surface area contributed by atoms with Crippen molar-refractivity contribution in [2.45, 2.75) is 32.6 Å². The number of nitro groups is 1. The van der Waals surface area contributed by atoms with Crippen molar-refractivity contribution in [2.75, 3.05) is 7.11 Å². The lowest BCUT2D eigenvalue weighted by molar-refractivity contribution is -0.385. The Labute approximate surface area is 172 Å². The van der Waals surface area contributed by atoms with Gasteiger partial charge in [0.1, 0.15) is 5.75 Å². The SMILES string of the molecule is COc1ccc(OC(=O)CCc2nc(-c3ccc(C(C)C)cc3)no2)c([N+](=O)[O-])c1. The Bertz CT molecular complexity index is 1040. The maximum atomic E-state index is 12.1. The van der Waals surface area contributed by atoms with Gasteiger partial charge in [-0.15, -0.1) is 0 Å². The number of rotatable bonds is 8. The molecule has 0 aliphatic heterocycles. The van der Waals surface area contributed by atoms with Gasteiger partial charge in [0, 0.05) is 12.0 Å². The molecule has 0 N–H and O–H groups in total. The summed E-state index contributed by atoms with van der Waals surface area (Å²) in [6, 6.07) is 11.8. The fourth-order valence-electron chi connectivity index (χ4n) is 2.73. The smallest absolute Gasteiger partial charge is 0.315 e. The lowest BCUT2D eigenvalue weighted by atomic mass is 10.0. The summed E-state index contributed by atoms with van der Waals surface area (Å²) in [6.07, 6.45) is 0.0803. The maximum Gasteiger partial charge on any atom is 0.315 e. The summed E-state index contributed by atoms with van der Waals surface area (Å²) in [5, 5.41) is 15.1. The number of methoxy groups -OCH3 is 1. The van der Waals surface area contributed by atoms with Crippen molar-refractivity contribution in [1.82, 2.24) is 10.1 Å². The van der Waals surface area contributed by atoms with Gasteiger partial charge in [-0.25, -0.2) is 0 Å². The van der Waals surface area contributed by atoms with E-state index in [0.717, 1.165) is 5.56 Å². The Morgan fingerprint density at radius 2 is 1.93 bits per heavy atom. The van der Waals surface area contributed by atoms with Gasteiger partial charge < -0.3 is 14.0 Å². The Kier molecular flexibility index (Phi) is 6.41. The largest absolute Gasteiger partial charge is 0.496 e. The van der Waals surface area contributed by atoms with Gasteiger partial charge in [-0.3, -0.25) is 14.9 Å². The first-order valence-electron chi connectivity index (χ1n) is 9.33. The van der Waals surface area contributed by atoms with Gasteiger partial charge in [-0.2, -0.15) is 4.98 Å². The normalized spacial score (nSPS) is 10.8. The predicted molar refractivity (Wildman–Crippen MR) is 107 cm³/mol. The van der Waals surface area contributed by atoms with E-state index in [1.54, 1.807) is 0 Å². The molecule has 9 heteroatoms. The molecule has 0 amide bonds. The number of hydrogen-bond acceptors (Lipinski definition) is 8. The Morgan fingerprint density at radius 3 is 2.57 bits per heavy atom. The summed E-state index contributed by atoms with van der Waals surface area (Å²) in [4.78, 5) is 27.0. The number of hydrogen-bond donors (Lipinski definition) is 0. The molecule has 0 aliphatic carbocycles. The van der Waals surface area contributed by atoms with Gasteiger partial charge in [-0.1, -0.05) is 43.3 Å². The molecule has 30 heavy (non-hydrogen) atoms. The van der Waals surface area contributed by atoms with Crippen LogP contribution in [0.1, 0.15) is 37.6 Å². The van der Waals surface area contributed by atoms with Crippen LogP contribution in [-0.2, 0) is 11.2 Å². The van der Waals surface area contributed by atoms with Crippen LogP contribution in [0.4, 0.5) is 5.69 Å². The van der Waals surface area contributed by atoms with Crippen LogP contribution < -0.4 is 9.47 Å². The van der Waals surface area contributed by atoms with E-state index in [1.807, 2.05) is 24.3 Å². The second-order valence-corrected chi connectivity index (χ2v) is 6.85. The molecule has 3 aromatic rings. The zero-order chi connectivity index (χ0) is 21.7. The van der Waals surface area contributed by atoms with Crippen molar-refractivity contribution in [1.29, 1.82) is 0 Å². The average molecular weight is 411 g/mol. The van der Waals surface area contributed by atoms with E-state index < -0.39 is 10.9 Å². The molecule has 0 fully saturated rings. The molecule has 0 atom stereocenters. The van der Waals surface area contributed by atoms with Gasteiger partial charge in [0.15, 0.2) is 0 Å². The molecule has 2 aromatic carbocycles. The van der Waals surface area contributed by atoms with Crippen LogP contribution in [0.2, 0.25) is 0 Å². The molecular formula is C21H21N3O6. The fraction of sp³-hybridized carbons (Fsp3) is 0.286. The van der Waals surface area contributed by atoms with Crippen molar-refractivity contribution in [3.8, 4) is 22.9 Å². The van der Waals surface area contributed by atoms with E-state index in [4.69, 9.17) is 14.0 Å². The summed E-state index contributed by atoms with van der Waals surface area (Å²) in [6.45, 7) is 4.22. The Morgan fingerprint density at radius 1 is 1.20 bits per heavy atom. The van der Waals surface area contributed by atoms with Crippen molar-refractivity contribution < 1.29 is 23.7 Å². The highest BCUT2D eigenvalue weighted by atomic mass is 16.6. The maximum absolute atomic E-state index is 12.1. The van der Waals surface area contributed by atoms with Gasteiger partial charge in [0.05, 0.1) is 24.5 Å². The summed E-state index contributed by atoms with van der Waals surface area (Å²) in [5.74, 6) is 0.624. The van der Waals surface area contributed by atoms with Crippen LogP contribution in [0.5, 0.6) is 11.5 Å². The predicted octanol–water partition coefficient (Wildman–Crippen LogP) is 4.32. The van der Waals surface area contributed by atoms with Crippen LogP contribution in [0, 0.1) is 10.1 Å². The number of esters is 1. The molecule has 0 saturated heterocycles. The number of aromatic nitrogens is 2. The third-order valence-corrected chi connectivity index (χ3v) is 4.43. The molecule has 1 heterocycles. The summed E-state index contributed by atoms with van der Waals surface area (Å²) in [7, 11) is 1.39. The first kappa shape index (κ1) is 21.0. The lowest BCUT2D eigenvalue weighted by Crippen LogP contribution is -2.10. The number of carbonyl (C=O) groups is 1. The molecule has 3 rings (SSSR count). The van der Waals surface area contributed by atoms with Crippen LogP contribution in [0.25, 0.3) is 11.4 Å². The molecule has 0 spiro atoms. The summed E-state index contributed by atoms with van der Waals surface area (Å²) in [5.41, 5.74) is 1.66. The van der Waals surface area contributed by atoms with Crippen LogP contribution in [-0.4, -0.2) is 28.1 Å². The van der Waals surface area contributed by atoms with Crippen molar-refractivity contribution in [3.63, 3.8) is 0 Å². The number of carbonyl (C=O) groups excluding carboxylic acids is 1. The minimum absolute atomic E-state index is 0.0723. The molecule has 0 unspecified atom stereocenters. The highest BCUT2D eigenvalue weighted by Gasteiger charge is 2.20. The molecule has 1 aromatic heterocycles. The third kappa shape index (κ3) is 4.99. The standard InChI is InChI=1S/C21H21N3O6/c1-13(2)14-4-6-15(7-5-14)21-22-19(30-23-21)10-11-20(25)29-18-9-8-16(28-3)12-17(18)24(26)27/h4-9,12-13H,10-11H2,1-3H3. The second-order valence-electron chi connectivity index (χ2n) is 6.85. The number of nitro benzene ring substituents is 1. The van der Waals surface area contributed by atoms with Gasteiger partial charge in [0.2, 0.25) is 17.5 Å². The van der Waals surface area contributed by atoms with Gasteiger partial charge >= 0.3 is 11.7 Å². The number of ether oxygens (including phenoxy) is 2. The second kappa shape index (κ2) is 9.17. The van der Waals surface area contributed by atoms with Crippen LogP contribution in [0.3, 0.4) is 0 Å². The van der Waals surface area contributed by atoms with E-state index in [0.29, 0.717) is 17.5 Å². The molecule has 9 nitrogen and oxygen atoms in total. The third-order valence-electron chi connectivity index (χ3n) is 4.43. The van der Waals surface area contributed by atoms with E-state index >= 15 is 0 Å². The molecule has 156 valence electrons. The van der Waals surface area contributed by atoms with E-state index in [1.165, 1.54) is 30.9 Å². The monoisotopic (exact) mass is 411 g/mol. The van der Waals surface area contributed by atoms with Crippen LogP contribution >= 0.6 is 0 Å². The zero-order valence-corrected chi connectivity index (χ0v) is 16.8. The van der Waals surface area contributed by atoms with Crippen molar-refractivity contribution in [2.24, 2.45) is 0 Å². The number of aryl methyl sites for hydroxylation is 1. The number of nitrogens with zero attached hydrogens (tertiary/aromatic N) is 3. The van der Waals surface area contributed by atoms with Gasteiger partial charge in [-0.05, 0) is 23.6 Å². The summed E-state index contributed by atoms with van der Waals surface area (Å²) >= 11 is 0. The van der Waals surface area contributed by atoms with Gasteiger partial charge in [0.25, 0.3) is 0 Å². The lowest BCUT2D eigenvalue weighted by Gasteiger charge is -2.06. The number of benzene rings is 2. The zero-order valence-electron chi connectivity index (χ0n) is 16.8. The summed E-state index contributed by atoms with van der Waals surface area (Å²) < 4.78 is 15.3. The topological polar surface area (TPSA) is 118 Å². The molecule has 0 saturated carbocycles. The van der Waals surface area contributed by atoms with E-state index in [-0.39, 0.29) is 30.2 Å². The van der Waals surface area contributed by atoms with E-state index in [2.05, 4.69) is 24.0 Å². The molecular weight excluding hydrogens is 390 g/mol. The average Bonchev–Trinajstić information content (AvgIpc) is 3.21. The fourth-order valence-corrected chi connectivity index (χ4v) is 2.73. The first-order valence-corrected chi connectivity index (χ1v) is 9.33.